The Labute approximate surface area is 168 Å². The van der Waals surface area contributed by atoms with E-state index < -0.39 is 47.5 Å². The summed E-state index contributed by atoms with van der Waals surface area (Å²) >= 11 is 0. The maximum absolute atomic E-state index is 13.4. The SMILES string of the molecule is N=C(N)[C@@](CC1CCCNC1)(C(N)=O)[C@H]1C(=O)N(C2CC2)CC(=O)N1CC(=O)O. The number of hydrogen-bond donors (Lipinski definition) is 5. The number of amides is 3. The highest BCUT2D eigenvalue weighted by molar-refractivity contribution is 6.12. The van der Waals surface area contributed by atoms with E-state index in [2.05, 4.69) is 5.32 Å². The van der Waals surface area contributed by atoms with Gasteiger partial charge in [0, 0.05) is 6.04 Å². The number of hydrogen-bond acceptors (Lipinski definition) is 6. The van der Waals surface area contributed by atoms with Crippen molar-refractivity contribution in [2.45, 2.75) is 44.2 Å². The molecule has 3 atom stereocenters. The molecule has 1 unspecified atom stereocenters. The average Bonchev–Trinajstić information content (AvgIpc) is 3.48. The minimum absolute atomic E-state index is 0.00296. The molecule has 1 aliphatic carbocycles. The Bertz CT molecular complexity index is 716. The summed E-state index contributed by atoms with van der Waals surface area (Å²) in [4.78, 5) is 52.6. The zero-order valence-corrected chi connectivity index (χ0v) is 16.2. The predicted molar refractivity (Wildman–Crippen MR) is 102 cm³/mol. The molecule has 2 saturated heterocycles. The zero-order chi connectivity index (χ0) is 21.3. The fourth-order valence-corrected chi connectivity index (χ4v) is 4.54. The van der Waals surface area contributed by atoms with Gasteiger partial charge in [-0.1, -0.05) is 0 Å². The number of carboxylic acids is 1. The molecular weight excluding hydrogens is 380 g/mol. The van der Waals surface area contributed by atoms with Gasteiger partial charge >= 0.3 is 5.97 Å². The molecule has 3 fully saturated rings. The number of rotatable bonds is 8. The molecule has 1 saturated carbocycles. The van der Waals surface area contributed by atoms with Crippen molar-refractivity contribution in [2.75, 3.05) is 26.2 Å². The van der Waals surface area contributed by atoms with Crippen LogP contribution < -0.4 is 16.8 Å². The Kier molecular flexibility index (Phi) is 5.78. The van der Waals surface area contributed by atoms with Crippen LogP contribution in [0.15, 0.2) is 0 Å². The Hall–Kier alpha value is -2.69. The van der Waals surface area contributed by atoms with Crippen LogP contribution in [0.3, 0.4) is 0 Å². The molecule has 3 aliphatic rings. The van der Waals surface area contributed by atoms with E-state index >= 15 is 0 Å². The highest BCUT2D eigenvalue weighted by Crippen LogP contribution is 2.40. The number of carbonyl (C=O) groups is 4. The number of carboxylic acid groups (broad SMARTS) is 1. The van der Waals surface area contributed by atoms with Gasteiger partial charge in [-0.2, -0.15) is 0 Å². The molecule has 0 aromatic rings. The summed E-state index contributed by atoms with van der Waals surface area (Å²) < 4.78 is 0. The van der Waals surface area contributed by atoms with Gasteiger partial charge in [-0.05, 0) is 51.1 Å². The molecule has 0 aromatic carbocycles. The van der Waals surface area contributed by atoms with Crippen molar-refractivity contribution in [3.63, 3.8) is 0 Å². The lowest BCUT2D eigenvalue weighted by molar-refractivity contribution is -0.166. The van der Waals surface area contributed by atoms with Crippen molar-refractivity contribution in [3.8, 4) is 0 Å². The molecule has 11 nitrogen and oxygen atoms in total. The van der Waals surface area contributed by atoms with Gasteiger partial charge in [0.25, 0.3) is 0 Å². The van der Waals surface area contributed by atoms with Gasteiger partial charge in [0.05, 0.1) is 0 Å². The number of piperidine rings is 1. The quantitative estimate of drug-likeness (QED) is 0.229. The van der Waals surface area contributed by atoms with Gasteiger partial charge < -0.3 is 31.7 Å². The smallest absolute Gasteiger partial charge is 0.323 e. The monoisotopic (exact) mass is 408 g/mol. The molecule has 3 amide bonds. The number of carbonyl (C=O) groups excluding carboxylic acids is 3. The summed E-state index contributed by atoms with van der Waals surface area (Å²) in [5.74, 6) is -4.17. The Morgan fingerprint density at radius 2 is 1.93 bits per heavy atom. The van der Waals surface area contributed by atoms with Crippen LogP contribution >= 0.6 is 0 Å². The highest BCUT2D eigenvalue weighted by Gasteiger charge is 2.59. The number of nitrogens with one attached hydrogen (secondary N) is 2. The largest absolute Gasteiger partial charge is 0.480 e. The van der Waals surface area contributed by atoms with Gasteiger partial charge in [-0.25, -0.2) is 0 Å². The van der Waals surface area contributed by atoms with Gasteiger partial charge in [0.2, 0.25) is 17.7 Å². The third-order valence-electron chi connectivity index (χ3n) is 6.14. The Morgan fingerprint density at radius 1 is 1.24 bits per heavy atom. The lowest BCUT2D eigenvalue weighted by Crippen LogP contribution is -2.72. The molecule has 2 aliphatic heterocycles. The van der Waals surface area contributed by atoms with Crippen molar-refractivity contribution in [1.82, 2.24) is 15.1 Å². The lowest BCUT2D eigenvalue weighted by atomic mass is 9.68. The number of nitrogens with zero attached hydrogens (tertiary/aromatic N) is 2. The molecule has 2 heterocycles. The third kappa shape index (κ3) is 3.91. The normalized spacial score (nSPS) is 27.4. The predicted octanol–water partition coefficient (Wildman–Crippen LogP) is -1.93. The molecule has 0 spiro atoms. The van der Waals surface area contributed by atoms with Crippen LogP contribution in [0.25, 0.3) is 0 Å². The molecular formula is C18H28N6O5. The van der Waals surface area contributed by atoms with Crippen LogP contribution in [0.5, 0.6) is 0 Å². The molecule has 29 heavy (non-hydrogen) atoms. The van der Waals surface area contributed by atoms with E-state index in [9.17, 15) is 24.3 Å². The molecule has 0 aromatic heterocycles. The first-order chi connectivity index (χ1) is 13.7. The van der Waals surface area contributed by atoms with E-state index in [0.717, 1.165) is 37.1 Å². The number of piperazine rings is 1. The van der Waals surface area contributed by atoms with Crippen LogP contribution in [0.2, 0.25) is 0 Å². The first-order valence-corrected chi connectivity index (χ1v) is 9.85. The molecule has 11 heteroatoms. The fourth-order valence-electron chi connectivity index (χ4n) is 4.54. The zero-order valence-electron chi connectivity index (χ0n) is 16.2. The topological polar surface area (TPSA) is 183 Å². The van der Waals surface area contributed by atoms with Gasteiger partial charge in [0.15, 0.2) is 0 Å². The van der Waals surface area contributed by atoms with E-state index in [1.165, 1.54) is 4.90 Å². The maximum atomic E-state index is 13.4. The van der Waals surface area contributed by atoms with Crippen molar-refractivity contribution >= 4 is 29.5 Å². The van der Waals surface area contributed by atoms with E-state index in [0.29, 0.717) is 6.54 Å². The number of aliphatic carboxylic acids is 1. The van der Waals surface area contributed by atoms with Gasteiger partial charge in [0.1, 0.15) is 30.4 Å². The van der Waals surface area contributed by atoms with Crippen molar-refractivity contribution in [1.29, 1.82) is 5.41 Å². The summed E-state index contributed by atoms with van der Waals surface area (Å²) in [6.45, 7) is 0.369. The summed E-state index contributed by atoms with van der Waals surface area (Å²) in [5, 5.41) is 20.7. The second-order valence-electron chi connectivity index (χ2n) is 8.18. The average molecular weight is 408 g/mol. The maximum Gasteiger partial charge on any atom is 0.323 e. The van der Waals surface area contributed by atoms with Crippen molar-refractivity contribution in [3.05, 3.63) is 0 Å². The van der Waals surface area contributed by atoms with Crippen molar-refractivity contribution in [2.24, 2.45) is 22.8 Å². The summed E-state index contributed by atoms with van der Waals surface area (Å²) in [6, 6.07) is -1.65. The van der Waals surface area contributed by atoms with E-state index in [1.807, 2.05) is 0 Å². The first kappa shape index (κ1) is 21.0. The lowest BCUT2D eigenvalue weighted by Gasteiger charge is -2.48. The summed E-state index contributed by atoms with van der Waals surface area (Å²) in [5.41, 5.74) is 9.63. The van der Waals surface area contributed by atoms with Gasteiger partial charge in [-0.15, -0.1) is 0 Å². The van der Waals surface area contributed by atoms with Crippen LogP contribution in [-0.2, 0) is 19.2 Å². The van der Waals surface area contributed by atoms with Crippen LogP contribution in [0.4, 0.5) is 0 Å². The molecule has 0 bridgehead atoms. The number of primary amides is 1. The Morgan fingerprint density at radius 3 is 2.41 bits per heavy atom. The first-order valence-electron chi connectivity index (χ1n) is 9.85. The molecule has 0 radical (unpaired) electrons. The molecule has 7 N–H and O–H groups in total. The van der Waals surface area contributed by atoms with E-state index in [1.54, 1.807) is 0 Å². The third-order valence-corrected chi connectivity index (χ3v) is 6.14. The van der Waals surface area contributed by atoms with Crippen molar-refractivity contribution < 1.29 is 24.3 Å². The second kappa shape index (κ2) is 7.97. The number of amidine groups is 1. The standard InChI is InChI=1S/C18H28N6O5/c19-16(20)18(17(21)29,6-10-2-1-5-22-7-10)14-15(28)23(11-3-4-11)8-12(25)24(14)9-13(26)27/h10-11,14,22H,1-9H2,(H3,19,20)(H2,21,29)(H,26,27)/t10?,14-,18+/m1/s1. The molecule has 160 valence electrons. The summed E-state index contributed by atoms with van der Waals surface area (Å²) in [6.07, 6.45) is 3.07. The minimum Gasteiger partial charge on any atom is -0.480 e. The summed E-state index contributed by atoms with van der Waals surface area (Å²) in [7, 11) is 0. The van der Waals surface area contributed by atoms with Crippen LogP contribution in [0, 0.1) is 16.7 Å². The second-order valence-corrected chi connectivity index (χ2v) is 8.18. The van der Waals surface area contributed by atoms with Crippen LogP contribution in [0.1, 0.15) is 32.1 Å². The molecule has 3 rings (SSSR count). The fraction of sp³-hybridized carbons (Fsp3) is 0.722. The Balaban J connectivity index is 2.07. The highest BCUT2D eigenvalue weighted by atomic mass is 16.4. The van der Waals surface area contributed by atoms with Crippen LogP contribution in [-0.4, -0.2) is 82.7 Å². The van der Waals surface area contributed by atoms with Gasteiger partial charge in [-0.3, -0.25) is 24.6 Å². The van der Waals surface area contributed by atoms with E-state index in [-0.39, 0.29) is 24.9 Å². The van der Waals surface area contributed by atoms with E-state index in [4.69, 9.17) is 16.9 Å². The minimum atomic E-state index is -1.96. The number of nitrogens with two attached hydrogens (primary N) is 2.